The van der Waals surface area contributed by atoms with Crippen molar-refractivity contribution in [3.05, 3.63) is 54.2 Å². The lowest BCUT2D eigenvalue weighted by Gasteiger charge is -2.06. The van der Waals surface area contributed by atoms with Crippen LogP contribution in [0.3, 0.4) is 0 Å². The van der Waals surface area contributed by atoms with Crippen LogP contribution in [0, 0.1) is 6.92 Å². The molecule has 19 heavy (non-hydrogen) atoms. The summed E-state index contributed by atoms with van der Waals surface area (Å²) in [4.78, 5) is 8.63. The van der Waals surface area contributed by atoms with E-state index < -0.39 is 0 Å². The van der Waals surface area contributed by atoms with Gasteiger partial charge in [0, 0.05) is 11.9 Å². The molecule has 0 saturated carbocycles. The number of aromatic nitrogens is 3. The van der Waals surface area contributed by atoms with E-state index in [2.05, 4.69) is 46.6 Å². The topological polar surface area (TPSA) is 30.7 Å². The van der Waals surface area contributed by atoms with Gasteiger partial charge in [-0.1, -0.05) is 23.8 Å². The molecule has 3 nitrogen and oxygen atoms in total. The van der Waals surface area contributed by atoms with Crippen molar-refractivity contribution in [2.75, 3.05) is 0 Å². The molecule has 0 aliphatic heterocycles. The van der Waals surface area contributed by atoms with Crippen molar-refractivity contribution in [3.8, 4) is 0 Å². The Labute approximate surface area is 114 Å². The molecular formula is C16H19N3. The van der Waals surface area contributed by atoms with Crippen LogP contribution in [-0.4, -0.2) is 14.5 Å². The van der Waals surface area contributed by atoms with Crippen LogP contribution in [0.15, 0.2) is 48.3 Å². The summed E-state index contributed by atoms with van der Waals surface area (Å²) in [6.07, 6.45) is 12.0. The quantitative estimate of drug-likeness (QED) is 0.770. The van der Waals surface area contributed by atoms with E-state index in [4.69, 9.17) is 0 Å². The third-order valence-corrected chi connectivity index (χ3v) is 2.99. The van der Waals surface area contributed by atoms with Gasteiger partial charge < -0.3 is 4.57 Å². The zero-order valence-electron chi connectivity index (χ0n) is 11.9. The summed E-state index contributed by atoms with van der Waals surface area (Å²) < 4.78 is 2.15. The van der Waals surface area contributed by atoms with E-state index in [1.807, 2.05) is 26.0 Å². The smallest absolute Gasteiger partial charge is 0.111 e. The zero-order chi connectivity index (χ0) is 13.8. The molecule has 0 unspecified atom stereocenters. The SMILES string of the molecule is C\C=C/C(C)=C\C=C(/C)n1c(C)nc2cnccc21. The molecule has 0 aliphatic carbocycles. The van der Waals surface area contributed by atoms with E-state index in [0.29, 0.717) is 0 Å². The van der Waals surface area contributed by atoms with E-state index in [-0.39, 0.29) is 0 Å². The van der Waals surface area contributed by atoms with Gasteiger partial charge in [-0.05, 0) is 39.8 Å². The Morgan fingerprint density at radius 2 is 2.05 bits per heavy atom. The summed E-state index contributed by atoms with van der Waals surface area (Å²) in [5.74, 6) is 0.980. The van der Waals surface area contributed by atoms with E-state index in [1.165, 1.54) is 5.57 Å². The van der Waals surface area contributed by atoms with E-state index >= 15 is 0 Å². The molecule has 0 saturated heterocycles. The second-order valence-corrected chi connectivity index (χ2v) is 4.58. The van der Waals surface area contributed by atoms with Gasteiger partial charge in [0.2, 0.25) is 0 Å². The average molecular weight is 253 g/mol. The Morgan fingerprint density at radius 1 is 1.26 bits per heavy atom. The molecule has 0 spiro atoms. The van der Waals surface area contributed by atoms with Crippen molar-refractivity contribution in [3.63, 3.8) is 0 Å². The molecule has 2 aromatic heterocycles. The number of pyridine rings is 1. The molecule has 2 rings (SSSR count). The van der Waals surface area contributed by atoms with E-state index in [9.17, 15) is 0 Å². The standard InChI is InChI=1S/C16H19N3/c1-5-6-12(2)7-8-13(3)19-14(4)18-15-11-17-10-9-16(15)19/h5-11H,1-4H3/b6-5-,12-7-,13-8+. The van der Waals surface area contributed by atoms with Crippen LogP contribution < -0.4 is 0 Å². The molecule has 0 atom stereocenters. The second kappa shape index (κ2) is 5.65. The molecular weight excluding hydrogens is 234 g/mol. The van der Waals surface area contributed by atoms with Gasteiger partial charge in [0.15, 0.2) is 0 Å². The summed E-state index contributed by atoms with van der Waals surface area (Å²) in [6, 6.07) is 2.00. The van der Waals surface area contributed by atoms with Crippen LogP contribution >= 0.6 is 0 Å². The molecule has 0 aliphatic rings. The Kier molecular flexibility index (Phi) is 3.95. The Balaban J connectivity index is 2.47. The van der Waals surface area contributed by atoms with Crippen LogP contribution in [-0.2, 0) is 0 Å². The van der Waals surface area contributed by atoms with Gasteiger partial charge in [-0.3, -0.25) is 4.98 Å². The lowest BCUT2D eigenvalue weighted by Crippen LogP contribution is -1.96. The van der Waals surface area contributed by atoms with Gasteiger partial charge in [0.25, 0.3) is 0 Å². The minimum absolute atomic E-state index is 0.932. The van der Waals surface area contributed by atoms with Gasteiger partial charge in [0.05, 0.1) is 11.7 Å². The average Bonchev–Trinajstić information content (AvgIpc) is 2.72. The normalized spacial score (nSPS) is 13.7. The van der Waals surface area contributed by atoms with Crippen LogP contribution in [0.4, 0.5) is 0 Å². The number of hydrogen-bond donors (Lipinski definition) is 0. The highest BCUT2D eigenvalue weighted by Gasteiger charge is 2.07. The highest BCUT2D eigenvalue weighted by Crippen LogP contribution is 2.19. The molecule has 2 heterocycles. The van der Waals surface area contributed by atoms with Crippen LogP contribution in [0.1, 0.15) is 26.6 Å². The predicted molar refractivity (Wildman–Crippen MR) is 80.8 cm³/mol. The monoisotopic (exact) mass is 253 g/mol. The fourth-order valence-electron chi connectivity index (χ4n) is 2.14. The van der Waals surface area contributed by atoms with Crippen molar-refractivity contribution in [2.24, 2.45) is 0 Å². The first-order valence-corrected chi connectivity index (χ1v) is 6.41. The minimum atomic E-state index is 0.932. The molecule has 0 N–H and O–H groups in total. The Bertz CT molecular complexity index is 672. The molecule has 0 aromatic carbocycles. The summed E-state index contributed by atoms with van der Waals surface area (Å²) in [6.45, 7) is 8.22. The van der Waals surface area contributed by atoms with Crippen LogP contribution in [0.5, 0.6) is 0 Å². The lowest BCUT2D eigenvalue weighted by atomic mass is 10.2. The first-order valence-electron chi connectivity index (χ1n) is 6.41. The fourth-order valence-corrected chi connectivity index (χ4v) is 2.14. The third-order valence-electron chi connectivity index (χ3n) is 2.99. The maximum atomic E-state index is 4.52. The van der Waals surface area contributed by atoms with Crippen LogP contribution in [0.2, 0.25) is 0 Å². The molecule has 2 aromatic rings. The van der Waals surface area contributed by atoms with Gasteiger partial charge in [0.1, 0.15) is 11.3 Å². The highest BCUT2D eigenvalue weighted by atomic mass is 15.1. The van der Waals surface area contributed by atoms with Crippen LogP contribution in [0.25, 0.3) is 16.7 Å². The maximum absolute atomic E-state index is 4.52. The largest absolute Gasteiger partial charge is 0.300 e. The summed E-state index contributed by atoms with van der Waals surface area (Å²) in [7, 11) is 0. The predicted octanol–water partition coefficient (Wildman–Crippen LogP) is 4.12. The summed E-state index contributed by atoms with van der Waals surface area (Å²) in [5.41, 5.74) is 4.40. The van der Waals surface area contributed by atoms with Crippen molar-refractivity contribution in [2.45, 2.75) is 27.7 Å². The van der Waals surface area contributed by atoms with E-state index in [1.54, 1.807) is 12.4 Å². The summed E-state index contributed by atoms with van der Waals surface area (Å²) >= 11 is 0. The highest BCUT2D eigenvalue weighted by molar-refractivity contribution is 5.79. The lowest BCUT2D eigenvalue weighted by molar-refractivity contribution is 1.01. The number of hydrogen-bond acceptors (Lipinski definition) is 2. The van der Waals surface area contributed by atoms with Gasteiger partial charge in [-0.2, -0.15) is 0 Å². The molecule has 0 bridgehead atoms. The molecule has 0 radical (unpaired) electrons. The van der Waals surface area contributed by atoms with Gasteiger partial charge in [-0.15, -0.1) is 0 Å². The Hall–Kier alpha value is -2.16. The van der Waals surface area contributed by atoms with Gasteiger partial charge >= 0.3 is 0 Å². The number of fused-ring (bicyclic) bond motifs is 1. The van der Waals surface area contributed by atoms with Crippen molar-refractivity contribution in [1.29, 1.82) is 0 Å². The van der Waals surface area contributed by atoms with Crippen molar-refractivity contribution in [1.82, 2.24) is 14.5 Å². The third kappa shape index (κ3) is 2.81. The van der Waals surface area contributed by atoms with Crippen molar-refractivity contribution >= 4 is 16.7 Å². The Morgan fingerprint density at radius 3 is 2.79 bits per heavy atom. The van der Waals surface area contributed by atoms with E-state index in [0.717, 1.165) is 22.6 Å². The molecule has 0 fully saturated rings. The maximum Gasteiger partial charge on any atom is 0.111 e. The fraction of sp³-hybridized carbons (Fsp3) is 0.250. The first kappa shape index (κ1) is 13.3. The van der Waals surface area contributed by atoms with Gasteiger partial charge in [-0.25, -0.2) is 4.98 Å². The first-order chi connectivity index (χ1) is 9.13. The minimum Gasteiger partial charge on any atom is -0.300 e. The number of imidazole rings is 1. The number of rotatable bonds is 3. The summed E-state index contributed by atoms with van der Waals surface area (Å²) in [5, 5.41) is 0. The number of aryl methyl sites for hydroxylation is 1. The number of nitrogens with zero attached hydrogens (tertiary/aromatic N) is 3. The second-order valence-electron chi connectivity index (χ2n) is 4.58. The molecule has 98 valence electrons. The zero-order valence-corrected chi connectivity index (χ0v) is 11.9. The molecule has 0 amide bonds. The number of allylic oxidation sites excluding steroid dienone is 6. The van der Waals surface area contributed by atoms with Crippen molar-refractivity contribution < 1.29 is 0 Å². The molecule has 3 heteroatoms.